The standard InChI is InChI=1S/C15H23ClN2O/c1-11(2)18(15(19)7-12(3)9-17)10-13-5-4-6-14(16)8-13/h4-6,8,11-12H,7,9-10,17H2,1-3H3. The minimum Gasteiger partial charge on any atom is -0.336 e. The zero-order valence-electron chi connectivity index (χ0n) is 11.9. The number of amides is 1. The number of halogens is 1. The van der Waals surface area contributed by atoms with Crippen LogP contribution in [0.3, 0.4) is 0 Å². The Morgan fingerprint density at radius 3 is 2.58 bits per heavy atom. The summed E-state index contributed by atoms with van der Waals surface area (Å²) in [7, 11) is 0. The molecular formula is C15H23ClN2O. The predicted octanol–water partition coefficient (Wildman–Crippen LogP) is 3.06. The molecule has 0 aliphatic heterocycles. The van der Waals surface area contributed by atoms with Crippen molar-refractivity contribution in [2.24, 2.45) is 11.7 Å². The maximum Gasteiger partial charge on any atom is 0.223 e. The second-order valence-corrected chi connectivity index (χ2v) is 5.73. The van der Waals surface area contributed by atoms with Gasteiger partial charge in [-0.05, 0) is 44.0 Å². The lowest BCUT2D eigenvalue weighted by Gasteiger charge is -2.28. The Kier molecular flexibility index (Phi) is 6.32. The van der Waals surface area contributed by atoms with Crippen LogP contribution < -0.4 is 5.73 Å². The van der Waals surface area contributed by atoms with E-state index in [-0.39, 0.29) is 17.9 Å². The van der Waals surface area contributed by atoms with Crippen LogP contribution in [0.1, 0.15) is 32.8 Å². The first-order valence-electron chi connectivity index (χ1n) is 6.68. The SMILES string of the molecule is CC(CN)CC(=O)N(Cc1cccc(Cl)c1)C(C)C. The van der Waals surface area contributed by atoms with Gasteiger partial charge in [-0.15, -0.1) is 0 Å². The molecule has 1 amide bonds. The van der Waals surface area contributed by atoms with E-state index in [4.69, 9.17) is 17.3 Å². The molecular weight excluding hydrogens is 260 g/mol. The number of nitrogens with zero attached hydrogens (tertiary/aromatic N) is 1. The summed E-state index contributed by atoms with van der Waals surface area (Å²) in [6.45, 7) is 7.17. The summed E-state index contributed by atoms with van der Waals surface area (Å²) in [6, 6.07) is 7.79. The third kappa shape index (κ3) is 5.21. The summed E-state index contributed by atoms with van der Waals surface area (Å²) >= 11 is 5.97. The largest absolute Gasteiger partial charge is 0.336 e. The van der Waals surface area contributed by atoms with Crippen LogP contribution in [0.5, 0.6) is 0 Å². The van der Waals surface area contributed by atoms with E-state index < -0.39 is 0 Å². The van der Waals surface area contributed by atoms with Gasteiger partial charge in [0, 0.05) is 24.0 Å². The quantitative estimate of drug-likeness (QED) is 0.872. The van der Waals surface area contributed by atoms with Crippen LogP contribution >= 0.6 is 11.6 Å². The van der Waals surface area contributed by atoms with Gasteiger partial charge in [0.05, 0.1) is 0 Å². The van der Waals surface area contributed by atoms with Crippen molar-refractivity contribution in [3.05, 3.63) is 34.9 Å². The molecule has 0 fully saturated rings. The number of rotatable bonds is 6. The van der Waals surface area contributed by atoms with Crippen molar-refractivity contribution in [3.63, 3.8) is 0 Å². The minimum atomic E-state index is 0.146. The molecule has 19 heavy (non-hydrogen) atoms. The number of carbonyl (C=O) groups is 1. The normalized spacial score (nSPS) is 12.5. The van der Waals surface area contributed by atoms with Crippen molar-refractivity contribution in [2.75, 3.05) is 6.54 Å². The van der Waals surface area contributed by atoms with Gasteiger partial charge in [0.2, 0.25) is 5.91 Å². The Hall–Kier alpha value is -1.06. The van der Waals surface area contributed by atoms with E-state index in [1.165, 1.54) is 0 Å². The lowest BCUT2D eigenvalue weighted by molar-refractivity contribution is -0.134. The Labute approximate surface area is 120 Å². The summed E-state index contributed by atoms with van der Waals surface area (Å²) < 4.78 is 0. The van der Waals surface area contributed by atoms with E-state index in [0.717, 1.165) is 5.56 Å². The average Bonchev–Trinajstić information content (AvgIpc) is 2.35. The molecule has 0 saturated carbocycles. The first kappa shape index (κ1) is 16.0. The highest BCUT2D eigenvalue weighted by Crippen LogP contribution is 2.16. The lowest BCUT2D eigenvalue weighted by atomic mass is 10.1. The van der Waals surface area contributed by atoms with Crippen LogP contribution in [-0.4, -0.2) is 23.4 Å². The summed E-state index contributed by atoms with van der Waals surface area (Å²) in [5.74, 6) is 0.362. The van der Waals surface area contributed by atoms with Crippen LogP contribution in [-0.2, 0) is 11.3 Å². The van der Waals surface area contributed by atoms with Gasteiger partial charge < -0.3 is 10.6 Å². The van der Waals surface area contributed by atoms with Crippen molar-refractivity contribution >= 4 is 17.5 Å². The van der Waals surface area contributed by atoms with E-state index in [1.54, 1.807) is 0 Å². The van der Waals surface area contributed by atoms with Crippen LogP contribution in [0.4, 0.5) is 0 Å². The number of hydrogen-bond acceptors (Lipinski definition) is 2. The molecule has 4 heteroatoms. The molecule has 0 heterocycles. The molecule has 0 aliphatic rings. The summed E-state index contributed by atoms with van der Waals surface area (Å²) in [5, 5.41) is 0.698. The molecule has 1 unspecified atom stereocenters. The lowest BCUT2D eigenvalue weighted by Crippen LogP contribution is -2.37. The molecule has 0 aliphatic carbocycles. The Bertz CT molecular complexity index is 420. The maximum absolute atomic E-state index is 12.3. The van der Waals surface area contributed by atoms with Gasteiger partial charge in [-0.25, -0.2) is 0 Å². The first-order chi connectivity index (χ1) is 8.93. The zero-order chi connectivity index (χ0) is 14.4. The zero-order valence-corrected chi connectivity index (χ0v) is 12.7. The molecule has 0 bridgehead atoms. The number of benzene rings is 1. The smallest absolute Gasteiger partial charge is 0.223 e. The molecule has 106 valence electrons. The van der Waals surface area contributed by atoms with E-state index in [9.17, 15) is 4.79 Å². The molecule has 0 aromatic heterocycles. The van der Waals surface area contributed by atoms with E-state index in [1.807, 2.05) is 49.9 Å². The monoisotopic (exact) mass is 282 g/mol. The first-order valence-corrected chi connectivity index (χ1v) is 7.05. The number of nitrogens with two attached hydrogens (primary N) is 1. The number of hydrogen-bond donors (Lipinski definition) is 1. The van der Waals surface area contributed by atoms with Crippen molar-refractivity contribution < 1.29 is 4.79 Å². The molecule has 0 radical (unpaired) electrons. The number of carbonyl (C=O) groups excluding carboxylic acids is 1. The van der Waals surface area contributed by atoms with Crippen LogP contribution in [0.25, 0.3) is 0 Å². The highest BCUT2D eigenvalue weighted by atomic mass is 35.5. The van der Waals surface area contributed by atoms with Crippen molar-refractivity contribution in [1.29, 1.82) is 0 Å². The highest BCUT2D eigenvalue weighted by molar-refractivity contribution is 6.30. The molecule has 3 nitrogen and oxygen atoms in total. The summed E-state index contributed by atoms with van der Waals surface area (Å²) in [5.41, 5.74) is 6.63. The van der Waals surface area contributed by atoms with Gasteiger partial charge in [0.25, 0.3) is 0 Å². The summed E-state index contributed by atoms with van der Waals surface area (Å²) in [4.78, 5) is 14.2. The van der Waals surface area contributed by atoms with Gasteiger partial charge in [-0.3, -0.25) is 4.79 Å². The van der Waals surface area contributed by atoms with Gasteiger partial charge in [-0.2, -0.15) is 0 Å². The third-order valence-corrected chi connectivity index (χ3v) is 3.35. The molecule has 1 aromatic rings. The van der Waals surface area contributed by atoms with Crippen LogP contribution in [0.15, 0.2) is 24.3 Å². The predicted molar refractivity (Wildman–Crippen MR) is 80.0 cm³/mol. The fraction of sp³-hybridized carbons (Fsp3) is 0.533. The topological polar surface area (TPSA) is 46.3 Å². The molecule has 1 rings (SSSR count). The minimum absolute atomic E-state index is 0.146. The van der Waals surface area contributed by atoms with Gasteiger partial charge in [-0.1, -0.05) is 30.7 Å². The molecule has 0 saturated heterocycles. The van der Waals surface area contributed by atoms with Crippen molar-refractivity contribution in [2.45, 2.75) is 39.8 Å². The van der Waals surface area contributed by atoms with Gasteiger partial charge >= 0.3 is 0 Å². The fourth-order valence-corrected chi connectivity index (χ4v) is 2.10. The van der Waals surface area contributed by atoms with E-state index in [2.05, 4.69) is 0 Å². The Morgan fingerprint density at radius 1 is 1.37 bits per heavy atom. The second kappa shape index (κ2) is 7.51. The van der Waals surface area contributed by atoms with Crippen LogP contribution in [0, 0.1) is 5.92 Å². The average molecular weight is 283 g/mol. The Morgan fingerprint density at radius 2 is 2.05 bits per heavy atom. The molecule has 1 atom stereocenters. The summed E-state index contributed by atoms with van der Waals surface area (Å²) in [6.07, 6.45) is 0.495. The molecule has 0 spiro atoms. The molecule has 1 aromatic carbocycles. The molecule has 2 N–H and O–H groups in total. The van der Waals surface area contributed by atoms with Crippen molar-refractivity contribution in [3.8, 4) is 0 Å². The van der Waals surface area contributed by atoms with Gasteiger partial charge in [0.1, 0.15) is 0 Å². The van der Waals surface area contributed by atoms with E-state index in [0.29, 0.717) is 24.5 Å². The highest BCUT2D eigenvalue weighted by Gasteiger charge is 2.19. The maximum atomic E-state index is 12.3. The fourth-order valence-electron chi connectivity index (χ4n) is 1.89. The Balaban J connectivity index is 2.75. The van der Waals surface area contributed by atoms with Crippen molar-refractivity contribution in [1.82, 2.24) is 4.90 Å². The second-order valence-electron chi connectivity index (χ2n) is 5.29. The van der Waals surface area contributed by atoms with E-state index >= 15 is 0 Å². The van der Waals surface area contributed by atoms with Gasteiger partial charge in [0.15, 0.2) is 0 Å². The third-order valence-electron chi connectivity index (χ3n) is 3.11. The van der Waals surface area contributed by atoms with Crippen LogP contribution in [0.2, 0.25) is 5.02 Å².